The SMILES string of the molecule is Cc1ccc(CNc2cc(N)c(C)cn2)cc1. The number of nitrogens with two attached hydrogens (primary N) is 1. The molecule has 0 spiro atoms. The van der Waals surface area contributed by atoms with Crippen LogP contribution in [0.15, 0.2) is 36.5 Å². The van der Waals surface area contributed by atoms with E-state index < -0.39 is 0 Å². The summed E-state index contributed by atoms with van der Waals surface area (Å²) in [5.74, 6) is 0.814. The summed E-state index contributed by atoms with van der Waals surface area (Å²) in [6.07, 6.45) is 1.78. The van der Waals surface area contributed by atoms with Crippen LogP contribution in [0.1, 0.15) is 16.7 Å². The zero-order chi connectivity index (χ0) is 12.3. The standard InChI is InChI=1S/C14H17N3/c1-10-3-5-12(6-4-10)9-17-14-7-13(15)11(2)8-16-14/h3-8H,9H2,1-2H3,(H3,15,16,17). The summed E-state index contributed by atoms with van der Waals surface area (Å²) in [4.78, 5) is 4.28. The molecule has 3 heteroatoms. The minimum absolute atomic E-state index is 0.760. The third kappa shape index (κ3) is 2.97. The molecule has 0 fully saturated rings. The zero-order valence-corrected chi connectivity index (χ0v) is 10.2. The van der Waals surface area contributed by atoms with Gasteiger partial charge in [0.2, 0.25) is 0 Å². The molecule has 2 rings (SSSR count). The molecule has 0 atom stereocenters. The number of aromatic nitrogens is 1. The van der Waals surface area contributed by atoms with E-state index in [2.05, 4.69) is 41.5 Å². The van der Waals surface area contributed by atoms with E-state index in [1.807, 2.05) is 13.0 Å². The highest BCUT2D eigenvalue weighted by Gasteiger charge is 1.98. The third-order valence-corrected chi connectivity index (χ3v) is 2.74. The Morgan fingerprint density at radius 1 is 1.18 bits per heavy atom. The molecule has 0 radical (unpaired) electrons. The molecule has 0 unspecified atom stereocenters. The number of nitrogens with zero attached hydrogens (tertiary/aromatic N) is 1. The first-order valence-electron chi connectivity index (χ1n) is 5.66. The molecule has 0 bridgehead atoms. The van der Waals surface area contributed by atoms with Gasteiger partial charge < -0.3 is 11.1 Å². The van der Waals surface area contributed by atoms with Gasteiger partial charge in [-0.05, 0) is 25.0 Å². The summed E-state index contributed by atoms with van der Waals surface area (Å²) < 4.78 is 0. The summed E-state index contributed by atoms with van der Waals surface area (Å²) in [6, 6.07) is 10.3. The maximum Gasteiger partial charge on any atom is 0.128 e. The van der Waals surface area contributed by atoms with Gasteiger partial charge in [-0.15, -0.1) is 0 Å². The average Bonchev–Trinajstić information content (AvgIpc) is 2.33. The van der Waals surface area contributed by atoms with Gasteiger partial charge in [-0.1, -0.05) is 29.8 Å². The first kappa shape index (κ1) is 11.5. The van der Waals surface area contributed by atoms with Crippen LogP contribution in [0.5, 0.6) is 0 Å². The quantitative estimate of drug-likeness (QED) is 0.847. The van der Waals surface area contributed by atoms with Crippen molar-refractivity contribution in [3.8, 4) is 0 Å². The van der Waals surface area contributed by atoms with Crippen LogP contribution in [0.2, 0.25) is 0 Å². The molecule has 0 saturated carbocycles. The largest absolute Gasteiger partial charge is 0.398 e. The lowest BCUT2D eigenvalue weighted by Crippen LogP contribution is -2.02. The molecule has 3 N–H and O–H groups in total. The van der Waals surface area contributed by atoms with Gasteiger partial charge in [0.15, 0.2) is 0 Å². The molecule has 0 aliphatic carbocycles. The molecule has 0 amide bonds. The molecule has 1 aromatic carbocycles. The maximum atomic E-state index is 5.83. The number of nitrogen functional groups attached to an aromatic ring is 1. The highest BCUT2D eigenvalue weighted by atomic mass is 15.0. The van der Waals surface area contributed by atoms with Crippen LogP contribution in [0, 0.1) is 13.8 Å². The van der Waals surface area contributed by atoms with Crippen molar-refractivity contribution < 1.29 is 0 Å². The van der Waals surface area contributed by atoms with Gasteiger partial charge in [-0.2, -0.15) is 0 Å². The number of hydrogen-bond acceptors (Lipinski definition) is 3. The van der Waals surface area contributed by atoms with E-state index in [9.17, 15) is 0 Å². The number of nitrogens with one attached hydrogen (secondary N) is 1. The molecular formula is C14H17N3. The second-order valence-corrected chi connectivity index (χ2v) is 4.27. The molecule has 0 aliphatic heterocycles. The maximum absolute atomic E-state index is 5.83. The molecular weight excluding hydrogens is 210 g/mol. The van der Waals surface area contributed by atoms with Crippen LogP contribution in [-0.4, -0.2) is 4.98 Å². The number of aryl methyl sites for hydroxylation is 2. The molecule has 88 valence electrons. The van der Waals surface area contributed by atoms with E-state index >= 15 is 0 Å². The van der Waals surface area contributed by atoms with E-state index in [4.69, 9.17) is 5.73 Å². The van der Waals surface area contributed by atoms with Crippen molar-refractivity contribution in [1.29, 1.82) is 0 Å². The molecule has 1 aromatic heterocycles. The Morgan fingerprint density at radius 2 is 1.88 bits per heavy atom. The van der Waals surface area contributed by atoms with Gasteiger partial charge in [-0.25, -0.2) is 4.98 Å². The fourth-order valence-corrected chi connectivity index (χ4v) is 1.53. The Kier molecular flexibility index (Phi) is 3.28. The molecule has 17 heavy (non-hydrogen) atoms. The van der Waals surface area contributed by atoms with E-state index in [0.29, 0.717) is 0 Å². The molecule has 0 aliphatic rings. The highest BCUT2D eigenvalue weighted by Crippen LogP contribution is 2.14. The lowest BCUT2D eigenvalue weighted by atomic mass is 10.1. The van der Waals surface area contributed by atoms with Crippen LogP contribution in [0.3, 0.4) is 0 Å². The second kappa shape index (κ2) is 4.87. The van der Waals surface area contributed by atoms with Gasteiger partial charge in [0.05, 0.1) is 0 Å². The Bertz CT molecular complexity index is 503. The second-order valence-electron chi connectivity index (χ2n) is 4.27. The van der Waals surface area contributed by atoms with Crippen molar-refractivity contribution in [2.24, 2.45) is 0 Å². The van der Waals surface area contributed by atoms with E-state index in [0.717, 1.165) is 23.6 Å². The van der Waals surface area contributed by atoms with Crippen LogP contribution in [0.25, 0.3) is 0 Å². The van der Waals surface area contributed by atoms with E-state index in [1.54, 1.807) is 6.20 Å². The highest BCUT2D eigenvalue weighted by molar-refractivity contribution is 5.53. The minimum Gasteiger partial charge on any atom is -0.398 e. The van der Waals surface area contributed by atoms with Gasteiger partial charge in [0, 0.05) is 24.5 Å². The Morgan fingerprint density at radius 3 is 2.53 bits per heavy atom. The third-order valence-electron chi connectivity index (χ3n) is 2.74. The van der Waals surface area contributed by atoms with Gasteiger partial charge in [-0.3, -0.25) is 0 Å². The fraction of sp³-hybridized carbons (Fsp3) is 0.214. The van der Waals surface area contributed by atoms with Gasteiger partial charge in [0.25, 0.3) is 0 Å². The predicted molar refractivity (Wildman–Crippen MR) is 71.9 cm³/mol. The van der Waals surface area contributed by atoms with Gasteiger partial charge in [0.1, 0.15) is 5.82 Å². The van der Waals surface area contributed by atoms with E-state index in [-0.39, 0.29) is 0 Å². The van der Waals surface area contributed by atoms with Crippen molar-refractivity contribution in [3.05, 3.63) is 53.2 Å². The first-order valence-corrected chi connectivity index (χ1v) is 5.66. The minimum atomic E-state index is 0.760. The number of rotatable bonds is 3. The van der Waals surface area contributed by atoms with Crippen LogP contribution >= 0.6 is 0 Å². The van der Waals surface area contributed by atoms with Crippen molar-refractivity contribution >= 4 is 11.5 Å². The Labute approximate surface area is 102 Å². The lowest BCUT2D eigenvalue weighted by molar-refractivity contribution is 1.10. The first-order chi connectivity index (χ1) is 8.15. The molecule has 1 heterocycles. The Balaban J connectivity index is 2.02. The Hall–Kier alpha value is -2.03. The summed E-state index contributed by atoms with van der Waals surface area (Å²) in [6.45, 7) is 4.79. The topological polar surface area (TPSA) is 50.9 Å². The van der Waals surface area contributed by atoms with Crippen LogP contribution < -0.4 is 11.1 Å². The number of anilines is 2. The van der Waals surface area contributed by atoms with Gasteiger partial charge >= 0.3 is 0 Å². The van der Waals surface area contributed by atoms with Crippen molar-refractivity contribution in [3.63, 3.8) is 0 Å². The van der Waals surface area contributed by atoms with Crippen molar-refractivity contribution in [1.82, 2.24) is 4.98 Å². The predicted octanol–water partition coefficient (Wildman–Crippen LogP) is 2.89. The summed E-state index contributed by atoms with van der Waals surface area (Å²) in [5.41, 5.74) is 10.1. The number of benzene rings is 1. The fourth-order valence-electron chi connectivity index (χ4n) is 1.53. The van der Waals surface area contributed by atoms with E-state index in [1.165, 1.54) is 11.1 Å². The summed E-state index contributed by atoms with van der Waals surface area (Å²) >= 11 is 0. The molecule has 3 nitrogen and oxygen atoms in total. The lowest BCUT2D eigenvalue weighted by Gasteiger charge is -2.07. The monoisotopic (exact) mass is 227 g/mol. The molecule has 0 saturated heterocycles. The number of hydrogen-bond donors (Lipinski definition) is 2. The molecule has 2 aromatic rings. The van der Waals surface area contributed by atoms with Crippen molar-refractivity contribution in [2.45, 2.75) is 20.4 Å². The average molecular weight is 227 g/mol. The summed E-state index contributed by atoms with van der Waals surface area (Å²) in [7, 11) is 0. The van der Waals surface area contributed by atoms with Crippen molar-refractivity contribution in [2.75, 3.05) is 11.1 Å². The number of pyridine rings is 1. The zero-order valence-electron chi connectivity index (χ0n) is 10.2. The normalized spacial score (nSPS) is 10.2. The van der Waals surface area contributed by atoms with Crippen LogP contribution in [0.4, 0.5) is 11.5 Å². The van der Waals surface area contributed by atoms with Crippen LogP contribution in [-0.2, 0) is 6.54 Å². The smallest absolute Gasteiger partial charge is 0.128 e. The summed E-state index contributed by atoms with van der Waals surface area (Å²) in [5, 5.41) is 3.26.